The molecule has 0 fully saturated rings. The minimum absolute atomic E-state index is 0.230. The Hall–Kier alpha value is -1.14. The highest BCUT2D eigenvalue weighted by Gasteiger charge is 2.24. The molecule has 0 aromatic rings. The molecular formula is C9H18N2O4. The van der Waals surface area contributed by atoms with Crippen LogP contribution in [-0.2, 0) is 9.59 Å². The molecule has 6 heteroatoms. The van der Waals surface area contributed by atoms with Gasteiger partial charge in [-0.1, -0.05) is 0 Å². The van der Waals surface area contributed by atoms with Crippen molar-refractivity contribution < 1.29 is 19.8 Å². The van der Waals surface area contributed by atoms with E-state index >= 15 is 0 Å². The Morgan fingerprint density at radius 3 is 2.40 bits per heavy atom. The van der Waals surface area contributed by atoms with E-state index in [0.29, 0.717) is 13.0 Å². The maximum Gasteiger partial charge on any atom is 0.328 e. The molecule has 2 atom stereocenters. The summed E-state index contributed by atoms with van der Waals surface area (Å²) in [4.78, 5) is 21.8. The monoisotopic (exact) mass is 218 g/mol. The molecule has 0 aromatic heterocycles. The average Bonchev–Trinajstić information content (AvgIpc) is 2.13. The number of carboxylic acids is 1. The van der Waals surface area contributed by atoms with Crippen LogP contribution in [0.3, 0.4) is 0 Å². The Bertz CT molecular complexity index is 218. The molecule has 0 bridgehead atoms. The van der Waals surface area contributed by atoms with Gasteiger partial charge >= 0.3 is 5.97 Å². The highest BCUT2D eigenvalue weighted by molar-refractivity contribution is 5.83. The maximum absolute atomic E-state index is 11.2. The normalized spacial score (nSPS) is 14.3. The van der Waals surface area contributed by atoms with Crippen molar-refractivity contribution in [3.8, 4) is 0 Å². The van der Waals surface area contributed by atoms with E-state index in [9.17, 15) is 9.59 Å². The number of nitrogens with one attached hydrogen (secondary N) is 1. The Kier molecular flexibility index (Phi) is 6.64. The van der Waals surface area contributed by atoms with Gasteiger partial charge in [-0.15, -0.1) is 0 Å². The van der Waals surface area contributed by atoms with Crippen LogP contribution in [0, 0.1) is 0 Å². The van der Waals surface area contributed by atoms with E-state index in [1.54, 1.807) is 0 Å². The summed E-state index contributed by atoms with van der Waals surface area (Å²) in [5.41, 5.74) is 5.25. The fourth-order valence-electron chi connectivity index (χ4n) is 1.06. The second-order valence-electron chi connectivity index (χ2n) is 3.37. The summed E-state index contributed by atoms with van der Waals surface area (Å²) < 4.78 is 0. The first-order valence-electron chi connectivity index (χ1n) is 4.89. The van der Waals surface area contributed by atoms with Crippen LogP contribution >= 0.6 is 0 Å². The number of amides is 1. The lowest BCUT2D eigenvalue weighted by Crippen LogP contribution is -2.47. The molecule has 15 heavy (non-hydrogen) atoms. The molecule has 0 aliphatic carbocycles. The van der Waals surface area contributed by atoms with E-state index < -0.39 is 18.1 Å². The Morgan fingerprint density at radius 1 is 1.40 bits per heavy atom. The number of rotatable bonds is 7. The van der Waals surface area contributed by atoms with Crippen molar-refractivity contribution in [2.75, 3.05) is 6.54 Å². The summed E-state index contributed by atoms with van der Waals surface area (Å²) in [6, 6.07) is -1.24. The van der Waals surface area contributed by atoms with Crippen molar-refractivity contribution in [3.05, 3.63) is 0 Å². The van der Waals surface area contributed by atoms with Crippen LogP contribution in [0.4, 0.5) is 0 Å². The lowest BCUT2D eigenvalue weighted by atomic mass is 10.1. The molecule has 88 valence electrons. The van der Waals surface area contributed by atoms with E-state index in [4.69, 9.17) is 15.9 Å². The molecule has 0 aromatic carbocycles. The molecule has 0 heterocycles. The van der Waals surface area contributed by atoms with Crippen LogP contribution in [0.1, 0.15) is 26.2 Å². The largest absolute Gasteiger partial charge is 0.480 e. The summed E-state index contributed by atoms with van der Waals surface area (Å²) in [6.45, 7) is 1.82. The fraction of sp³-hybridized carbons (Fsp3) is 0.778. The van der Waals surface area contributed by atoms with Gasteiger partial charge in [0, 0.05) is 6.42 Å². The summed E-state index contributed by atoms with van der Waals surface area (Å²) in [6.07, 6.45) is 0.461. The Labute approximate surface area is 88.5 Å². The second-order valence-corrected chi connectivity index (χ2v) is 3.37. The van der Waals surface area contributed by atoms with Crippen molar-refractivity contribution in [1.82, 2.24) is 5.32 Å². The lowest BCUT2D eigenvalue weighted by molar-refractivity contribution is -0.144. The zero-order valence-electron chi connectivity index (χ0n) is 8.77. The number of carbonyl (C=O) groups is 2. The maximum atomic E-state index is 11.2. The van der Waals surface area contributed by atoms with E-state index in [2.05, 4.69) is 5.32 Å². The number of aliphatic hydroxyl groups is 1. The Balaban J connectivity index is 3.95. The zero-order chi connectivity index (χ0) is 11.8. The van der Waals surface area contributed by atoms with Gasteiger partial charge in [-0.25, -0.2) is 4.79 Å². The van der Waals surface area contributed by atoms with Crippen LogP contribution in [-0.4, -0.2) is 40.8 Å². The van der Waals surface area contributed by atoms with E-state index in [0.717, 1.165) is 6.42 Å². The van der Waals surface area contributed by atoms with Gasteiger partial charge in [0.25, 0.3) is 0 Å². The quantitative estimate of drug-likeness (QED) is 0.412. The smallest absolute Gasteiger partial charge is 0.328 e. The lowest BCUT2D eigenvalue weighted by Gasteiger charge is -2.16. The fourth-order valence-corrected chi connectivity index (χ4v) is 1.06. The van der Waals surface area contributed by atoms with Crippen LogP contribution in [0.2, 0.25) is 0 Å². The number of unbranched alkanes of at least 4 members (excludes halogenated alkanes) is 1. The number of hydrogen-bond donors (Lipinski definition) is 4. The van der Waals surface area contributed by atoms with Crippen LogP contribution in [0.25, 0.3) is 0 Å². The van der Waals surface area contributed by atoms with Crippen molar-refractivity contribution in [3.63, 3.8) is 0 Å². The molecule has 0 spiro atoms. The highest BCUT2D eigenvalue weighted by Crippen LogP contribution is 1.97. The van der Waals surface area contributed by atoms with Crippen molar-refractivity contribution in [2.24, 2.45) is 5.73 Å². The third-order valence-corrected chi connectivity index (χ3v) is 1.92. The molecule has 0 radical (unpaired) electrons. The number of carboxylic acid groups (broad SMARTS) is 1. The van der Waals surface area contributed by atoms with E-state index in [-0.39, 0.29) is 12.3 Å². The third-order valence-electron chi connectivity index (χ3n) is 1.92. The SMILES string of the molecule is CC(O)C(NC(=O)CCCCN)C(=O)O. The van der Waals surface area contributed by atoms with E-state index in [1.807, 2.05) is 0 Å². The first-order valence-corrected chi connectivity index (χ1v) is 4.89. The van der Waals surface area contributed by atoms with Gasteiger partial charge < -0.3 is 21.3 Å². The van der Waals surface area contributed by atoms with Crippen LogP contribution in [0.5, 0.6) is 0 Å². The van der Waals surface area contributed by atoms with Crippen LogP contribution in [0.15, 0.2) is 0 Å². The molecule has 5 N–H and O–H groups in total. The van der Waals surface area contributed by atoms with Gasteiger partial charge in [-0.05, 0) is 26.3 Å². The molecule has 0 saturated heterocycles. The zero-order valence-corrected chi connectivity index (χ0v) is 8.77. The van der Waals surface area contributed by atoms with E-state index in [1.165, 1.54) is 6.92 Å². The van der Waals surface area contributed by atoms with Gasteiger partial charge in [0.05, 0.1) is 6.10 Å². The third kappa shape index (κ3) is 6.03. The van der Waals surface area contributed by atoms with Gasteiger partial charge in [-0.3, -0.25) is 4.79 Å². The molecule has 1 amide bonds. The summed E-state index contributed by atoms with van der Waals surface area (Å²) in [5, 5.41) is 20.0. The second kappa shape index (κ2) is 7.19. The summed E-state index contributed by atoms with van der Waals surface area (Å²) in [5.74, 6) is -1.62. The summed E-state index contributed by atoms with van der Waals surface area (Å²) >= 11 is 0. The number of aliphatic hydroxyl groups excluding tert-OH is 1. The van der Waals surface area contributed by atoms with Crippen molar-refractivity contribution >= 4 is 11.9 Å². The highest BCUT2D eigenvalue weighted by atomic mass is 16.4. The van der Waals surface area contributed by atoms with Gasteiger partial charge in [0.15, 0.2) is 6.04 Å². The number of hydrogen-bond acceptors (Lipinski definition) is 4. The van der Waals surface area contributed by atoms with Gasteiger partial charge in [0.2, 0.25) is 5.91 Å². The molecule has 0 aliphatic rings. The first-order chi connectivity index (χ1) is 6.99. The van der Waals surface area contributed by atoms with Gasteiger partial charge in [-0.2, -0.15) is 0 Å². The van der Waals surface area contributed by atoms with Crippen LogP contribution < -0.4 is 11.1 Å². The molecule has 0 aliphatic heterocycles. The van der Waals surface area contributed by atoms with Crippen molar-refractivity contribution in [1.29, 1.82) is 0 Å². The number of carbonyl (C=O) groups excluding carboxylic acids is 1. The molecule has 0 rings (SSSR count). The van der Waals surface area contributed by atoms with Crippen molar-refractivity contribution in [2.45, 2.75) is 38.3 Å². The topological polar surface area (TPSA) is 113 Å². The molecule has 6 nitrogen and oxygen atoms in total. The van der Waals surface area contributed by atoms with Gasteiger partial charge in [0.1, 0.15) is 0 Å². The predicted octanol–water partition coefficient (Wildman–Crippen LogP) is -0.934. The number of nitrogens with two attached hydrogens (primary N) is 1. The minimum Gasteiger partial charge on any atom is -0.480 e. The number of aliphatic carboxylic acids is 1. The first kappa shape index (κ1) is 13.9. The molecule has 2 unspecified atom stereocenters. The molecule has 0 saturated carbocycles. The standard InChI is InChI=1S/C9H18N2O4/c1-6(12)8(9(14)15)11-7(13)4-2-3-5-10/h6,8,12H,2-5,10H2,1H3,(H,11,13)(H,14,15). The minimum atomic E-state index is -1.24. The molecular weight excluding hydrogens is 200 g/mol. The predicted molar refractivity (Wildman–Crippen MR) is 54.2 cm³/mol. The average molecular weight is 218 g/mol. The summed E-state index contributed by atoms with van der Waals surface area (Å²) in [7, 11) is 0. The Morgan fingerprint density at radius 2 is 2.00 bits per heavy atom.